The molecule has 3 aliphatic rings. The zero-order valence-corrected chi connectivity index (χ0v) is 18.9. The Morgan fingerprint density at radius 2 is 2.12 bits per heavy atom. The number of unbranched alkanes of at least 4 members (excludes halogenated alkanes) is 1. The fourth-order valence-corrected chi connectivity index (χ4v) is 5.22. The number of hydrogen-bond acceptors (Lipinski definition) is 5. The predicted molar refractivity (Wildman–Crippen MR) is 124 cm³/mol. The van der Waals surface area contributed by atoms with Crippen molar-refractivity contribution < 1.29 is 19.4 Å². The zero-order valence-electron chi connectivity index (χ0n) is 18.9. The van der Waals surface area contributed by atoms with Crippen LogP contribution in [0.15, 0.2) is 30.3 Å². The number of likely N-dealkylation sites (tertiary alicyclic amines) is 1. The number of ether oxygens (including phenoxy) is 1. The number of anilines is 1. The molecule has 1 amide bonds. The topological polar surface area (TPSA) is 91.8 Å². The van der Waals surface area contributed by atoms with Crippen LogP contribution < -0.4 is 10.1 Å². The average molecular weight is 450 g/mol. The fourth-order valence-electron chi connectivity index (χ4n) is 5.22. The van der Waals surface area contributed by atoms with Gasteiger partial charge in [-0.15, -0.1) is 0 Å². The maximum Gasteiger partial charge on any atom is 0.305 e. The number of carboxylic acid groups (broad SMARTS) is 1. The number of carbonyl (C=O) groups is 2. The van der Waals surface area contributed by atoms with Crippen molar-refractivity contribution in [2.24, 2.45) is 5.92 Å². The van der Waals surface area contributed by atoms with E-state index >= 15 is 0 Å². The summed E-state index contributed by atoms with van der Waals surface area (Å²) in [5, 5.41) is 12.8. The number of benzene rings is 1. The summed E-state index contributed by atoms with van der Waals surface area (Å²) in [5.74, 6) is 1.09. The van der Waals surface area contributed by atoms with E-state index in [1.807, 2.05) is 18.2 Å². The standard InChI is InChI=1S/C26H31N3O4/c30-24(31)15-22(18-8-10-23-19(14-18)11-13-33-23)29-16-20(26(29)32)4-1-2-6-21-9-7-17-5-3-12-27-25(17)28-21/h7-10,14,20,22H,1-6,11-13,15-16H2,(H,27,28)(H,30,31)/t20?,22-/m0/s1. The number of rotatable bonds is 9. The lowest BCUT2D eigenvalue weighted by molar-refractivity contribution is -0.154. The fraction of sp³-hybridized carbons (Fsp3) is 0.500. The Balaban J connectivity index is 1.13. The summed E-state index contributed by atoms with van der Waals surface area (Å²) in [6.45, 7) is 2.28. The summed E-state index contributed by atoms with van der Waals surface area (Å²) >= 11 is 0. The van der Waals surface area contributed by atoms with Gasteiger partial charge in [-0.3, -0.25) is 9.59 Å². The quantitative estimate of drug-likeness (QED) is 0.447. The Bertz CT molecular complexity index is 1050. The normalized spacial score (nSPS) is 19.7. The van der Waals surface area contributed by atoms with Crippen LogP contribution in [0, 0.1) is 5.92 Å². The maximum absolute atomic E-state index is 12.9. The Hall–Kier alpha value is -3.09. The van der Waals surface area contributed by atoms with E-state index in [2.05, 4.69) is 17.4 Å². The summed E-state index contributed by atoms with van der Waals surface area (Å²) in [5.41, 5.74) is 4.39. The summed E-state index contributed by atoms with van der Waals surface area (Å²) < 4.78 is 5.56. The van der Waals surface area contributed by atoms with Gasteiger partial charge in [-0.1, -0.05) is 18.6 Å². The van der Waals surface area contributed by atoms with Crippen LogP contribution >= 0.6 is 0 Å². The SMILES string of the molecule is O=C(O)C[C@@H](c1ccc2c(c1)CCO2)N1CC(CCCCc2ccc3c(n2)NCCC3)C1=O. The minimum atomic E-state index is -0.889. The monoisotopic (exact) mass is 449 g/mol. The van der Waals surface area contributed by atoms with E-state index in [4.69, 9.17) is 9.72 Å². The molecule has 7 heteroatoms. The number of carboxylic acids is 1. The van der Waals surface area contributed by atoms with Crippen LogP contribution in [0.4, 0.5) is 5.82 Å². The minimum absolute atomic E-state index is 0.00258. The van der Waals surface area contributed by atoms with Gasteiger partial charge in [0.2, 0.25) is 5.91 Å². The largest absolute Gasteiger partial charge is 0.493 e. The highest BCUT2D eigenvalue weighted by Gasteiger charge is 2.41. The second-order valence-electron chi connectivity index (χ2n) is 9.35. The molecule has 0 bridgehead atoms. The van der Waals surface area contributed by atoms with Crippen molar-refractivity contribution in [3.05, 3.63) is 52.7 Å². The smallest absolute Gasteiger partial charge is 0.305 e. The second-order valence-corrected chi connectivity index (χ2v) is 9.35. The lowest BCUT2D eigenvalue weighted by Crippen LogP contribution is -2.54. The molecular weight excluding hydrogens is 418 g/mol. The van der Waals surface area contributed by atoms with Crippen LogP contribution in [0.2, 0.25) is 0 Å². The van der Waals surface area contributed by atoms with Crippen LogP contribution in [0.5, 0.6) is 5.75 Å². The molecule has 1 aromatic heterocycles. The van der Waals surface area contributed by atoms with E-state index in [0.717, 1.165) is 79.9 Å². The molecule has 2 N–H and O–H groups in total. The minimum Gasteiger partial charge on any atom is -0.493 e. The van der Waals surface area contributed by atoms with E-state index < -0.39 is 12.0 Å². The second kappa shape index (κ2) is 9.41. The van der Waals surface area contributed by atoms with Gasteiger partial charge in [0.25, 0.3) is 0 Å². The van der Waals surface area contributed by atoms with Crippen molar-refractivity contribution in [3.63, 3.8) is 0 Å². The Kier molecular flexibility index (Phi) is 6.20. The lowest BCUT2D eigenvalue weighted by Gasteiger charge is -2.43. The van der Waals surface area contributed by atoms with Crippen molar-refractivity contribution in [2.45, 2.75) is 57.4 Å². The van der Waals surface area contributed by atoms with Gasteiger partial charge in [0.05, 0.1) is 25.0 Å². The Labute approximate surface area is 194 Å². The number of pyridine rings is 1. The van der Waals surface area contributed by atoms with Gasteiger partial charge in [0, 0.05) is 25.2 Å². The zero-order chi connectivity index (χ0) is 22.8. The first-order valence-corrected chi connectivity index (χ1v) is 12.1. The number of aryl methyl sites for hydroxylation is 2. The molecule has 1 unspecified atom stereocenters. The van der Waals surface area contributed by atoms with E-state index in [1.165, 1.54) is 5.56 Å². The average Bonchev–Trinajstić information content (AvgIpc) is 3.29. The van der Waals surface area contributed by atoms with Gasteiger partial charge in [0.15, 0.2) is 0 Å². The van der Waals surface area contributed by atoms with E-state index in [0.29, 0.717) is 13.2 Å². The molecule has 3 aliphatic heterocycles. The van der Waals surface area contributed by atoms with Gasteiger partial charge < -0.3 is 20.1 Å². The van der Waals surface area contributed by atoms with Crippen LogP contribution in [0.1, 0.15) is 60.5 Å². The molecule has 0 radical (unpaired) electrons. The molecule has 0 aliphatic carbocycles. The Morgan fingerprint density at radius 3 is 2.97 bits per heavy atom. The van der Waals surface area contributed by atoms with Crippen molar-refractivity contribution >= 4 is 17.7 Å². The van der Waals surface area contributed by atoms with Crippen LogP contribution in [0.3, 0.4) is 0 Å². The highest BCUT2D eigenvalue weighted by molar-refractivity contribution is 5.85. The number of amides is 1. The number of hydrogen-bond donors (Lipinski definition) is 2. The molecule has 5 rings (SSSR count). The first-order chi connectivity index (χ1) is 16.1. The van der Waals surface area contributed by atoms with E-state index in [9.17, 15) is 14.7 Å². The van der Waals surface area contributed by atoms with Gasteiger partial charge in [-0.05, 0) is 67.0 Å². The molecule has 2 atom stereocenters. The van der Waals surface area contributed by atoms with Crippen LogP contribution in [-0.4, -0.2) is 46.6 Å². The highest BCUT2D eigenvalue weighted by atomic mass is 16.5. The molecule has 4 heterocycles. The lowest BCUT2D eigenvalue weighted by atomic mass is 9.87. The van der Waals surface area contributed by atoms with Crippen molar-refractivity contribution in [3.8, 4) is 5.75 Å². The van der Waals surface area contributed by atoms with Gasteiger partial charge in [-0.2, -0.15) is 0 Å². The molecule has 174 valence electrons. The molecular formula is C26H31N3O4. The molecule has 2 aromatic rings. The molecule has 1 fully saturated rings. The number of nitrogens with one attached hydrogen (secondary N) is 1. The van der Waals surface area contributed by atoms with Gasteiger partial charge >= 0.3 is 5.97 Å². The molecule has 33 heavy (non-hydrogen) atoms. The Morgan fingerprint density at radius 1 is 1.21 bits per heavy atom. The number of aromatic nitrogens is 1. The third kappa shape index (κ3) is 4.68. The molecule has 0 saturated carbocycles. The molecule has 1 saturated heterocycles. The first kappa shape index (κ1) is 21.7. The summed E-state index contributed by atoms with van der Waals surface area (Å²) in [4.78, 5) is 30.9. The van der Waals surface area contributed by atoms with Gasteiger partial charge in [0.1, 0.15) is 11.6 Å². The number of β-lactam (4-membered cyclic amide) rings is 1. The molecule has 7 nitrogen and oxygen atoms in total. The van der Waals surface area contributed by atoms with Crippen LogP contribution in [0.25, 0.3) is 0 Å². The number of aliphatic carboxylic acids is 1. The molecule has 0 spiro atoms. The number of nitrogens with zero attached hydrogens (tertiary/aromatic N) is 2. The number of carbonyl (C=O) groups excluding carboxylic acids is 1. The molecule has 1 aromatic carbocycles. The van der Waals surface area contributed by atoms with Gasteiger partial charge in [-0.25, -0.2) is 4.98 Å². The summed E-state index contributed by atoms with van der Waals surface area (Å²) in [6.07, 6.45) is 6.74. The first-order valence-electron chi connectivity index (χ1n) is 12.1. The number of fused-ring (bicyclic) bond motifs is 2. The summed E-state index contributed by atoms with van der Waals surface area (Å²) in [7, 11) is 0. The van der Waals surface area contributed by atoms with E-state index in [-0.39, 0.29) is 18.2 Å². The van der Waals surface area contributed by atoms with E-state index in [1.54, 1.807) is 4.90 Å². The third-order valence-electron chi connectivity index (χ3n) is 7.08. The van der Waals surface area contributed by atoms with Crippen molar-refractivity contribution in [1.82, 2.24) is 9.88 Å². The maximum atomic E-state index is 12.9. The third-order valence-corrected chi connectivity index (χ3v) is 7.08. The summed E-state index contributed by atoms with van der Waals surface area (Å²) in [6, 6.07) is 9.71. The van der Waals surface area contributed by atoms with Crippen LogP contribution in [-0.2, 0) is 28.9 Å². The predicted octanol–water partition coefficient (Wildman–Crippen LogP) is 3.76. The van der Waals surface area contributed by atoms with Crippen molar-refractivity contribution in [2.75, 3.05) is 25.0 Å². The van der Waals surface area contributed by atoms with Crippen molar-refractivity contribution in [1.29, 1.82) is 0 Å². The highest BCUT2D eigenvalue weighted by Crippen LogP contribution is 2.37.